The molecule has 1 N–H and O–H groups in total. The molecule has 1 amide bonds. The fraction of sp³-hybridized carbons (Fsp3) is 0.417. The molecule has 98 valence electrons. The molecule has 0 radical (unpaired) electrons. The van der Waals surface area contributed by atoms with Crippen molar-refractivity contribution in [3.8, 4) is 0 Å². The number of ether oxygens (including phenoxy) is 1. The van der Waals surface area contributed by atoms with Gasteiger partial charge in [0.1, 0.15) is 18.2 Å². The Hall–Kier alpha value is -1.17. The van der Waals surface area contributed by atoms with E-state index >= 15 is 0 Å². The summed E-state index contributed by atoms with van der Waals surface area (Å²) < 4.78 is 32.9. The molecule has 0 aliphatic carbocycles. The van der Waals surface area contributed by atoms with Crippen molar-refractivity contribution in [1.82, 2.24) is 5.32 Å². The zero-order chi connectivity index (χ0) is 13.5. The Morgan fingerprint density at radius 2 is 2.11 bits per heavy atom. The smallest absolute Gasteiger partial charge is 0.407 e. The fourth-order valence-corrected chi connectivity index (χ4v) is 2.31. The van der Waals surface area contributed by atoms with Crippen molar-refractivity contribution in [2.45, 2.75) is 19.9 Å². The van der Waals surface area contributed by atoms with E-state index in [1.54, 1.807) is 13.8 Å². The summed E-state index contributed by atoms with van der Waals surface area (Å²) in [7, 11) is 0. The molecule has 0 aromatic heterocycles. The van der Waals surface area contributed by atoms with Crippen LogP contribution >= 0.6 is 15.9 Å². The second kappa shape index (κ2) is 4.50. The maximum absolute atomic E-state index is 14.0. The number of hydrogen-bond donors (Lipinski definition) is 1. The van der Waals surface area contributed by atoms with Gasteiger partial charge >= 0.3 is 6.09 Å². The molecule has 1 aromatic carbocycles. The van der Waals surface area contributed by atoms with Crippen LogP contribution in [0.15, 0.2) is 16.6 Å². The van der Waals surface area contributed by atoms with Crippen LogP contribution in [0.5, 0.6) is 0 Å². The number of carbonyl (C=O) groups is 1. The summed E-state index contributed by atoms with van der Waals surface area (Å²) in [5.74, 6) is -1.38. The molecule has 1 aromatic rings. The molecule has 1 aliphatic heterocycles. The summed E-state index contributed by atoms with van der Waals surface area (Å²) in [6, 6.07) is 1.69. The highest BCUT2D eigenvalue weighted by atomic mass is 79.9. The van der Waals surface area contributed by atoms with E-state index < -0.39 is 29.2 Å². The van der Waals surface area contributed by atoms with Crippen LogP contribution < -0.4 is 5.32 Å². The summed E-state index contributed by atoms with van der Waals surface area (Å²) in [6.07, 6.45) is -0.668. The van der Waals surface area contributed by atoms with Crippen molar-refractivity contribution in [3.63, 3.8) is 0 Å². The lowest BCUT2D eigenvalue weighted by Crippen LogP contribution is -2.47. The summed E-state index contributed by atoms with van der Waals surface area (Å²) >= 11 is 3.01. The lowest BCUT2D eigenvalue weighted by Gasteiger charge is -2.38. The Kier molecular flexibility index (Phi) is 3.31. The van der Waals surface area contributed by atoms with Crippen LogP contribution in [-0.4, -0.2) is 12.7 Å². The Morgan fingerprint density at radius 1 is 1.44 bits per heavy atom. The summed E-state index contributed by atoms with van der Waals surface area (Å²) in [5, 5.41) is 2.47. The average Bonchev–Trinajstić information content (AvgIpc) is 2.29. The van der Waals surface area contributed by atoms with Crippen LogP contribution in [0.1, 0.15) is 25.5 Å². The molecule has 0 saturated carbocycles. The topological polar surface area (TPSA) is 38.3 Å². The molecule has 1 heterocycles. The van der Waals surface area contributed by atoms with E-state index in [1.165, 1.54) is 12.1 Å². The minimum atomic E-state index is -0.767. The number of halogens is 3. The Balaban J connectivity index is 2.52. The van der Waals surface area contributed by atoms with Gasteiger partial charge in [-0.05, 0) is 28.1 Å². The maximum atomic E-state index is 14.0. The van der Waals surface area contributed by atoms with Crippen LogP contribution in [0.4, 0.5) is 13.6 Å². The minimum absolute atomic E-state index is 0.106. The van der Waals surface area contributed by atoms with Gasteiger partial charge in [-0.2, -0.15) is 0 Å². The van der Waals surface area contributed by atoms with Crippen molar-refractivity contribution in [1.29, 1.82) is 0 Å². The molecule has 1 aliphatic rings. The number of rotatable bonds is 1. The van der Waals surface area contributed by atoms with Gasteiger partial charge in [-0.15, -0.1) is 0 Å². The Morgan fingerprint density at radius 3 is 2.78 bits per heavy atom. The molecule has 0 unspecified atom stereocenters. The third-order valence-electron chi connectivity index (χ3n) is 2.99. The molecule has 1 saturated heterocycles. The van der Waals surface area contributed by atoms with E-state index in [-0.39, 0.29) is 16.6 Å². The molecule has 18 heavy (non-hydrogen) atoms. The average molecular weight is 320 g/mol. The molecule has 3 nitrogen and oxygen atoms in total. The third kappa shape index (κ3) is 2.21. The van der Waals surface area contributed by atoms with Gasteiger partial charge in [-0.3, -0.25) is 0 Å². The standard InChI is InChI=1S/C12H12BrF2NO2/c1-12(2)5-18-11(17)16-10(12)8-7(14)4-3-6(13)9(8)15/h3-4,10H,5H2,1-2H3,(H,16,17)/t10-/m0/s1. The summed E-state index contributed by atoms with van der Waals surface area (Å²) in [5.41, 5.74) is -0.748. The number of benzene rings is 1. The Bertz CT molecular complexity index is 505. The van der Waals surface area contributed by atoms with E-state index in [0.29, 0.717) is 0 Å². The molecular weight excluding hydrogens is 308 g/mol. The monoisotopic (exact) mass is 319 g/mol. The van der Waals surface area contributed by atoms with Gasteiger partial charge in [-0.1, -0.05) is 13.8 Å². The van der Waals surface area contributed by atoms with Gasteiger partial charge in [0.2, 0.25) is 0 Å². The van der Waals surface area contributed by atoms with Crippen molar-refractivity contribution in [2.24, 2.45) is 5.41 Å². The number of amides is 1. The van der Waals surface area contributed by atoms with Crippen LogP contribution in [0.3, 0.4) is 0 Å². The van der Waals surface area contributed by atoms with Gasteiger partial charge in [0.15, 0.2) is 0 Å². The predicted octanol–water partition coefficient (Wildman–Crippen LogP) is 3.53. The van der Waals surface area contributed by atoms with E-state index in [9.17, 15) is 13.6 Å². The van der Waals surface area contributed by atoms with Crippen LogP contribution in [0.2, 0.25) is 0 Å². The zero-order valence-corrected chi connectivity index (χ0v) is 11.5. The molecular formula is C12H12BrF2NO2. The predicted molar refractivity (Wildman–Crippen MR) is 65.1 cm³/mol. The molecule has 0 bridgehead atoms. The van der Waals surface area contributed by atoms with Gasteiger partial charge < -0.3 is 10.1 Å². The Labute approximate surface area is 112 Å². The van der Waals surface area contributed by atoms with E-state index in [0.717, 1.165) is 0 Å². The van der Waals surface area contributed by atoms with Crippen LogP contribution in [-0.2, 0) is 4.74 Å². The van der Waals surface area contributed by atoms with Crippen molar-refractivity contribution in [3.05, 3.63) is 33.8 Å². The zero-order valence-electron chi connectivity index (χ0n) is 9.89. The number of hydrogen-bond acceptors (Lipinski definition) is 2. The van der Waals surface area contributed by atoms with Crippen molar-refractivity contribution < 1.29 is 18.3 Å². The number of cyclic esters (lactones) is 1. The number of carbonyl (C=O) groups excluding carboxylic acids is 1. The van der Waals surface area contributed by atoms with Gasteiger partial charge in [0, 0.05) is 11.0 Å². The molecule has 6 heteroatoms. The van der Waals surface area contributed by atoms with Gasteiger partial charge in [0.05, 0.1) is 10.5 Å². The number of nitrogens with one attached hydrogen (secondary N) is 1. The maximum Gasteiger partial charge on any atom is 0.407 e. The van der Waals surface area contributed by atoms with Gasteiger partial charge in [-0.25, -0.2) is 13.6 Å². The molecule has 1 atom stereocenters. The lowest BCUT2D eigenvalue weighted by atomic mass is 9.80. The first-order valence-corrected chi connectivity index (χ1v) is 6.19. The van der Waals surface area contributed by atoms with E-state index in [2.05, 4.69) is 21.2 Å². The molecule has 2 rings (SSSR count). The van der Waals surface area contributed by atoms with Crippen LogP contribution in [0, 0.1) is 17.0 Å². The minimum Gasteiger partial charge on any atom is -0.449 e. The fourth-order valence-electron chi connectivity index (χ4n) is 1.96. The lowest BCUT2D eigenvalue weighted by molar-refractivity contribution is 0.0367. The quantitative estimate of drug-likeness (QED) is 0.804. The van der Waals surface area contributed by atoms with E-state index in [1.807, 2.05) is 0 Å². The number of alkyl carbamates (subject to hydrolysis) is 1. The SMILES string of the molecule is CC1(C)COC(=O)N[C@H]1c1c(F)ccc(Br)c1F. The van der Waals surface area contributed by atoms with E-state index in [4.69, 9.17) is 4.74 Å². The highest BCUT2D eigenvalue weighted by Crippen LogP contribution is 2.39. The van der Waals surface area contributed by atoms with Gasteiger partial charge in [0.25, 0.3) is 0 Å². The van der Waals surface area contributed by atoms with Crippen LogP contribution in [0.25, 0.3) is 0 Å². The molecule has 1 fully saturated rings. The molecule has 0 spiro atoms. The highest BCUT2D eigenvalue weighted by molar-refractivity contribution is 9.10. The first kappa shape index (κ1) is 13.3. The van der Waals surface area contributed by atoms with Crippen molar-refractivity contribution >= 4 is 22.0 Å². The normalized spacial score (nSPS) is 22.3. The first-order valence-electron chi connectivity index (χ1n) is 5.39. The summed E-state index contributed by atoms with van der Waals surface area (Å²) in [6.45, 7) is 3.66. The second-order valence-corrected chi connectivity index (χ2v) is 5.75. The first-order chi connectivity index (χ1) is 8.33. The highest BCUT2D eigenvalue weighted by Gasteiger charge is 2.41. The second-order valence-electron chi connectivity index (χ2n) is 4.90. The summed E-state index contributed by atoms with van der Waals surface area (Å²) in [4.78, 5) is 11.3. The third-order valence-corrected chi connectivity index (χ3v) is 3.60. The van der Waals surface area contributed by atoms with Crippen molar-refractivity contribution in [2.75, 3.05) is 6.61 Å². The largest absolute Gasteiger partial charge is 0.449 e.